The second kappa shape index (κ2) is 4.09. The van der Waals surface area contributed by atoms with Gasteiger partial charge in [-0.2, -0.15) is 0 Å². The standard InChI is InChI=1S/C4H4BF3NO.K/c1-3-4(2-9-10-3)5(6,7)8;/h2H,1H3;/q-1;+1. The third kappa shape index (κ3) is 2.90. The van der Waals surface area contributed by atoms with Gasteiger partial charge in [0.15, 0.2) is 0 Å². The molecule has 0 aliphatic rings. The van der Waals surface area contributed by atoms with Crippen molar-refractivity contribution in [3.05, 3.63) is 12.0 Å². The summed E-state index contributed by atoms with van der Waals surface area (Å²) in [6, 6.07) is 0. The number of aromatic nitrogens is 1. The van der Waals surface area contributed by atoms with Gasteiger partial charge in [-0.05, 0) is 12.4 Å². The smallest absolute Gasteiger partial charge is 0.445 e. The van der Waals surface area contributed by atoms with Crippen molar-refractivity contribution in [1.82, 2.24) is 5.16 Å². The summed E-state index contributed by atoms with van der Waals surface area (Å²) < 4.78 is 39.8. The van der Waals surface area contributed by atoms with Crippen LogP contribution in [0.4, 0.5) is 12.9 Å². The minimum atomic E-state index is -4.95. The van der Waals surface area contributed by atoms with Crippen LogP contribution in [-0.4, -0.2) is 12.1 Å². The summed E-state index contributed by atoms with van der Waals surface area (Å²) >= 11 is 0. The van der Waals surface area contributed by atoms with E-state index in [1.165, 1.54) is 6.92 Å². The van der Waals surface area contributed by atoms with Crippen molar-refractivity contribution >= 4 is 12.4 Å². The van der Waals surface area contributed by atoms with E-state index in [1.807, 2.05) is 0 Å². The molecule has 0 fully saturated rings. The quantitative estimate of drug-likeness (QED) is 0.479. The summed E-state index contributed by atoms with van der Waals surface area (Å²) in [6.07, 6.45) is 0.690. The Balaban J connectivity index is 0.000001000. The Hall–Kier alpha value is 0.701. The van der Waals surface area contributed by atoms with Crippen molar-refractivity contribution in [2.75, 3.05) is 0 Å². The van der Waals surface area contributed by atoms with Crippen LogP contribution in [0.3, 0.4) is 0 Å². The van der Waals surface area contributed by atoms with Gasteiger partial charge in [-0.25, -0.2) is 0 Å². The Kier molecular flexibility index (Phi) is 4.35. The number of nitrogens with zero attached hydrogens (tertiary/aromatic N) is 1. The van der Waals surface area contributed by atoms with Crippen molar-refractivity contribution in [2.24, 2.45) is 0 Å². The first-order valence-corrected chi connectivity index (χ1v) is 2.63. The molecule has 0 saturated heterocycles. The predicted molar refractivity (Wildman–Crippen MR) is 30.0 cm³/mol. The van der Waals surface area contributed by atoms with Gasteiger partial charge >= 0.3 is 58.4 Å². The van der Waals surface area contributed by atoms with E-state index < -0.39 is 12.4 Å². The molecule has 0 aromatic carbocycles. The van der Waals surface area contributed by atoms with Gasteiger partial charge in [-0.1, -0.05) is 5.16 Å². The first kappa shape index (κ1) is 11.7. The largest absolute Gasteiger partial charge is 1.00 e. The molecule has 11 heavy (non-hydrogen) atoms. The molecular weight excluding hydrogens is 185 g/mol. The molecular formula is C4H4BF3KNO. The Morgan fingerprint density at radius 2 is 2.00 bits per heavy atom. The van der Waals surface area contributed by atoms with E-state index in [0.717, 1.165) is 0 Å². The second-order valence-electron chi connectivity index (χ2n) is 1.91. The van der Waals surface area contributed by atoms with E-state index >= 15 is 0 Å². The van der Waals surface area contributed by atoms with Crippen LogP contribution in [0.25, 0.3) is 0 Å². The number of halogens is 3. The summed E-state index contributed by atoms with van der Waals surface area (Å²) in [4.78, 5) is 0. The fourth-order valence-electron chi connectivity index (χ4n) is 0.621. The number of hydrogen-bond acceptors (Lipinski definition) is 2. The summed E-state index contributed by atoms with van der Waals surface area (Å²) in [5.74, 6) is -0.174. The molecule has 1 aromatic heterocycles. The van der Waals surface area contributed by atoms with Gasteiger partial charge in [-0.15, -0.1) is 0 Å². The van der Waals surface area contributed by atoms with E-state index in [4.69, 9.17) is 0 Å². The van der Waals surface area contributed by atoms with Crippen molar-refractivity contribution in [3.63, 3.8) is 0 Å². The van der Waals surface area contributed by atoms with Crippen LogP contribution in [0.15, 0.2) is 10.7 Å². The van der Waals surface area contributed by atoms with Crippen molar-refractivity contribution in [2.45, 2.75) is 6.92 Å². The van der Waals surface area contributed by atoms with Crippen molar-refractivity contribution in [3.8, 4) is 0 Å². The van der Waals surface area contributed by atoms with Crippen LogP contribution in [0.1, 0.15) is 5.76 Å². The van der Waals surface area contributed by atoms with Crippen LogP contribution in [-0.2, 0) is 0 Å². The van der Waals surface area contributed by atoms with Crippen LogP contribution >= 0.6 is 0 Å². The van der Waals surface area contributed by atoms with E-state index in [0.29, 0.717) is 6.20 Å². The van der Waals surface area contributed by atoms with Crippen LogP contribution in [0.2, 0.25) is 0 Å². The molecule has 56 valence electrons. The van der Waals surface area contributed by atoms with E-state index in [-0.39, 0.29) is 57.1 Å². The summed E-state index contributed by atoms with van der Waals surface area (Å²) in [5.41, 5.74) is -0.750. The molecule has 0 radical (unpaired) electrons. The molecule has 0 aliphatic carbocycles. The zero-order valence-corrected chi connectivity index (χ0v) is 9.27. The van der Waals surface area contributed by atoms with Gasteiger partial charge in [0.25, 0.3) is 0 Å². The average Bonchev–Trinajstić information content (AvgIpc) is 2.11. The minimum Gasteiger partial charge on any atom is -0.445 e. The molecule has 1 rings (SSSR count). The predicted octanol–water partition coefficient (Wildman–Crippen LogP) is -1.96. The molecule has 0 unspecified atom stereocenters. The fourth-order valence-corrected chi connectivity index (χ4v) is 0.621. The average molecular weight is 189 g/mol. The monoisotopic (exact) mass is 189 g/mol. The summed E-state index contributed by atoms with van der Waals surface area (Å²) in [5, 5.41) is 3.01. The molecule has 2 nitrogen and oxygen atoms in total. The Morgan fingerprint density at radius 1 is 1.45 bits per heavy atom. The Bertz CT molecular complexity index is 235. The topological polar surface area (TPSA) is 26.0 Å². The minimum absolute atomic E-state index is 0. The molecule has 1 heterocycles. The van der Waals surface area contributed by atoms with Crippen LogP contribution in [0, 0.1) is 6.92 Å². The molecule has 7 heteroatoms. The van der Waals surface area contributed by atoms with Gasteiger partial charge in [0.05, 0.1) is 0 Å². The van der Waals surface area contributed by atoms with Gasteiger partial charge in [0.2, 0.25) is 0 Å². The third-order valence-corrected chi connectivity index (χ3v) is 1.14. The Labute approximate surface area is 104 Å². The van der Waals surface area contributed by atoms with E-state index in [2.05, 4.69) is 9.68 Å². The molecule has 0 bridgehead atoms. The van der Waals surface area contributed by atoms with Gasteiger partial charge in [-0.3, -0.25) is 0 Å². The molecule has 0 amide bonds. The number of aryl methyl sites for hydroxylation is 1. The van der Waals surface area contributed by atoms with Gasteiger partial charge in [0, 0.05) is 6.20 Å². The molecule has 0 N–H and O–H groups in total. The molecule has 0 atom stereocenters. The first-order chi connectivity index (χ1) is 4.52. The molecule has 1 aromatic rings. The molecule has 0 aliphatic heterocycles. The van der Waals surface area contributed by atoms with E-state index in [1.54, 1.807) is 0 Å². The summed E-state index contributed by atoms with van der Waals surface area (Å²) in [6.45, 7) is -3.71. The van der Waals surface area contributed by atoms with E-state index in [9.17, 15) is 12.9 Å². The molecule has 0 spiro atoms. The van der Waals surface area contributed by atoms with Gasteiger partial charge < -0.3 is 17.5 Å². The van der Waals surface area contributed by atoms with Crippen LogP contribution in [0.5, 0.6) is 0 Å². The zero-order valence-electron chi connectivity index (χ0n) is 6.14. The SMILES string of the molecule is Cc1oncc1[B-](F)(F)F.[K+]. The first-order valence-electron chi connectivity index (χ1n) is 2.63. The maximum atomic E-state index is 11.8. The number of rotatable bonds is 1. The normalized spacial score (nSPS) is 10.9. The number of hydrogen-bond donors (Lipinski definition) is 0. The van der Waals surface area contributed by atoms with Gasteiger partial charge in [0.1, 0.15) is 5.76 Å². The maximum absolute atomic E-state index is 11.8. The summed E-state index contributed by atoms with van der Waals surface area (Å²) in [7, 11) is 0. The molecule has 0 saturated carbocycles. The third-order valence-electron chi connectivity index (χ3n) is 1.14. The zero-order chi connectivity index (χ0) is 7.78. The second-order valence-corrected chi connectivity index (χ2v) is 1.91. The van der Waals surface area contributed by atoms with Crippen molar-refractivity contribution < 1.29 is 68.9 Å². The fraction of sp³-hybridized carbons (Fsp3) is 0.250. The Morgan fingerprint density at radius 3 is 2.18 bits per heavy atom. The van der Waals surface area contributed by atoms with Crippen LogP contribution < -0.4 is 56.8 Å². The van der Waals surface area contributed by atoms with Crippen molar-refractivity contribution in [1.29, 1.82) is 0 Å². The maximum Gasteiger partial charge on any atom is 1.00 e.